The summed E-state index contributed by atoms with van der Waals surface area (Å²) in [6, 6.07) is 7.46. The highest BCUT2D eigenvalue weighted by molar-refractivity contribution is 5.83. The van der Waals surface area contributed by atoms with E-state index in [1.807, 2.05) is 41.5 Å². The van der Waals surface area contributed by atoms with E-state index in [9.17, 15) is 27.6 Å². The lowest BCUT2D eigenvalue weighted by molar-refractivity contribution is -0.325. The molecule has 1 atom stereocenters. The number of aryl methyl sites for hydroxylation is 2. The number of imidazole rings is 1. The van der Waals surface area contributed by atoms with Crippen LogP contribution in [0.2, 0.25) is 0 Å². The standard InChI is InChI=1S/C34H45F3N4O4/c1-5-23(2)30(42)10-8-6-7-9-11-31(43)40-16-14-25(15-17-40)32-38-28-13-12-26(27-20-24(3)33(44)39(4)22-27)21-29(28)41(32)18-19-45-34(35,36)37/h12-13,20-23,25H,5-11,14-19H2,1-4H3/t23-/m1/s1. The van der Waals surface area contributed by atoms with E-state index in [0.717, 1.165) is 43.2 Å². The second-order valence-corrected chi connectivity index (χ2v) is 12.3. The minimum atomic E-state index is -4.73. The van der Waals surface area contributed by atoms with Gasteiger partial charge in [-0.2, -0.15) is 0 Å². The lowest BCUT2D eigenvalue weighted by Crippen LogP contribution is -2.38. The summed E-state index contributed by atoms with van der Waals surface area (Å²) in [5.74, 6) is 1.24. The number of halogens is 3. The average Bonchev–Trinajstić information content (AvgIpc) is 3.37. The van der Waals surface area contributed by atoms with Crippen LogP contribution >= 0.6 is 0 Å². The van der Waals surface area contributed by atoms with Crippen molar-refractivity contribution >= 4 is 22.7 Å². The second-order valence-electron chi connectivity index (χ2n) is 12.3. The molecule has 45 heavy (non-hydrogen) atoms. The number of nitrogens with zero attached hydrogens (tertiary/aromatic N) is 4. The Morgan fingerprint density at radius 3 is 2.38 bits per heavy atom. The second kappa shape index (κ2) is 15.2. The van der Waals surface area contributed by atoms with Crippen LogP contribution in [0.5, 0.6) is 0 Å². The van der Waals surface area contributed by atoms with Crippen molar-refractivity contribution in [3.8, 4) is 11.1 Å². The number of likely N-dealkylation sites (tertiary alicyclic amines) is 1. The van der Waals surface area contributed by atoms with Crippen LogP contribution in [0.1, 0.15) is 88.9 Å². The Labute approximate surface area is 262 Å². The number of hydrogen-bond donors (Lipinski definition) is 0. The van der Waals surface area contributed by atoms with Gasteiger partial charge < -0.3 is 14.0 Å². The molecule has 2 aromatic heterocycles. The number of ketones is 1. The first-order valence-corrected chi connectivity index (χ1v) is 16.1. The van der Waals surface area contributed by atoms with Gasteiger partial charge >= 0.3 is 6.36 Å². The number of amides is 1. The van der Waals surface area contributed by atoms with E-state index in [0.29, 0.717) is 67.0 Å². The van der Waals surface area contributed by atoms with Gasteiger partial charge in [0.15, 0.2) is 0 Å². The number of piperidine rings is 1. The smallest absolute Gasteiger partial charge is 0.343 e. The molecule has 1 aromatic carbocycles. The monoisotopic (exact) mass is 630 g/mol. The largest absolute Gasteiger partial charge is 0.522 e. The topological polar surface area (TPSA) is 86.4 Å². The summed E-state index contributed by atoms with van der Waals surface area (Å²) in [6.45, 7) is 6.30. The molecule has 3 heterocycles. The number of Topliss-reactive ketones (excluding diaryl/α,β-unsaturated/α-hetero) is 1. The minimum Gasteiger partial charge on any atom is -0.343 e. The van der Waals surface area contributed by atoms with E-state index >= 15 is 0 Å². The third-order valence-electron chi connectivity index (χ3n) is 8.99. The number of carbonyl (C=O) groups excluding carboxylic acids is 2. The highest BCUT2D eigenvalue weighted by Gasteiger charge is 2.30. The van der Waals surface area contributed by atoms with Crippen LogP contribution in [0.4, 0.5) is 13.2 Å². The van der Waals surface area contributed by atoms with Gasteiger partial charge in [-0.25, -0.2) is 4.98 Å². The number of hydrogen-bond acceptors (Lipinski definition) is 5. The number of ether oxygens (including phenoxy) is 1. The maximum absolute atomic E-state index is 12.9. The van der Waals surface area contributed by atoms with Crippen LogP contribution in [-0.2, 0) is 27.9 Å². The molecule has 0 radical (unpaired) electrons. The number of unbranched alkanes of at least 4 members (excludes halogenated alkanes) is 3. The molecule has 246 valence electrons. The fourth-order valence-corrected chi connectivity index (χ4v) is 6.10. The number of rotatable bonds is 14. The third-order valence-corrected chi connectivity index (χ3v) is 8.99. The van der Waals surface area contributed by atoms with Crippen LogP contribution in [0.15, 0.2) is 35.3 Å². The summed E-state index contributed by atoms with van der Waals surface area (Å²) in [7, 11) is 1.68. The van der Waals surface area contributed by atoms with Gasteiger partial charge in [-0.15, -0.1) is 13.2 Å². The molecule has 11 heteroatoms. The molecule has 1 saturated heterocycles. The molecular weight excluding hydrogens is 585 g/mol. The zero-order valence-corrected chi connectivity index (χ0v) is 26.8. The molecule has 0 unspecified atom stereocenters. The zero-order valence-electron chi connectivity index (χ0n) is 26.8. The van der Waals surface area contributed by atoms with E-state index in [2.05, 4.69) is 4.74 Å². The van der Waals surface area contributed by atoms with Crippen LogP contribution in [-0.4, -0.2) is 56.8 Å². The van der Waals surface area contributed by atoms with Crippen molar-refractivity contribution in [3.63, 3.8) is 0 Å². The number of carbonyl (C=O) groups is 2. The van der Waals surface area contributed by atoms with Crippen LogP contribution in [0, 0.1) is 12.8 Å². The maximum atomic E-state index is 12.9. The van der Waals surface area contributed by atoms with E-state index in [-0.39, 0.29) is 29.8 Å². The van der Waals surface area contributed by atoms with Gasteiger partial charge in [-0.3, -0.25) is 19.1 Å². The normalized spacial score (nSPS) is 15.1. The molecule has 0 N–H and O–H groups in total. The first-order valence-electron chi connectivity index (χ1n) is 16.1. The average molecular weight is 631 g/mol. The molecular formula is C34H45F3N4O4. The number of aromatic nitrogens is 3. The zero-order chi connectivity index (χ0) is 32.7. The Balaban J connectivity index is 1.41. The lowest BCUT2D eigenvalue weighted by Gasteiger charge is -2.32. The predicted molar refractivity (Wildman–Crippen MR) is 168 cm³/mol. The van der Waals surface area contributed by atoms with Crippen molar-refractivity contribution in [1.82, 2.24) is 19.0 Å². The highest BCUT2D eigenvalue weighted by atomic mass is 19.4. The summed E-state index contributed by atoms with van der Waals surface area (Å²) in [6.07, 6.45) is 3.82. The van der Waals surface area contributed by atoms with Gasteiger partial charge in [0.05, 0.1) is 17.6 Å². The van der Waals surface area contributed by atoms with Crippen molar-refractivity contribution in [1.29, 1.82) is 0 Å². The predicted octanol–water partition coefficient (Wildman–Crippen LogP) is 6.91. The fraction of sp³-hybridized carbons (Fsp3) is 0.588. The molecule has 1 aliphatic heterocycles. The molecule has 0 saturated carbocycles. The highest BCUT2D eigenvalue weighted by Crippen LogP contribution is 2.33. The maximum Gasteiger partial charge on any atom is 0.522 e. The third kappa shape index (κ3) is 9.05. The number of benzene rings is 1. The van der Waals surface area contributed by atoms with E-state index < -0.39 is 13.0 Å². The molecule has 1 amide bonds. The molecule has 1 fully saturated rings. The Bertz CT molecular complexity index is 1510. The Morgan fingerprint density at radius 1 is 1.04 bits per heavy atom. The Hall–Kier alpha value is -3.47. The first-order chi connectivity index (χ1) is 21.4. The van der Waals surface area contributed by atoms with E-state index in [1.165, 1.54) is 4.57 Å². The number of pyridine rings is 1. The molecule has 0 aliphatic carbocycles. The van der Waals surface area contributed by atoms with Crippen molar-refractivity contribution in [2.45, 2.75) is 97.4 Å². The van der Waals surface area contributed by atoms with Crippen LogP contribution < -0.4 is 5.56 Å². The Morgan fingerprint density at radius 2 is 1.73 bits per heavy atom. The van der Waals surface area contributed by atoms with Crippen molar-refractivity contribution in [2.24, 2.45) is 13.0 Å². The van der Waals surface area contributed by atoms with Crippen molar-refractivity contribution in [2.75, 3.05) is 19.7 Å². The van der Waals surface area contributed by atoms with Gasteiger partial charge in [0, 0.05) is 63.1 Å². The summed E-state index contributed by atoms with van der Waals surface area (Å²) >= 11 is 0. The molecule has 0 bridgehead atoms. The minimum absolute atomic E-state index is 0.0152. The molecule has 8 nitrogen and oxygen atoms in total. The summed E-state index contributed by atoms with van der Waals surface area (Å²) in [4.78, 5) is 43.8. The fourth-order valence-electron chi connectivity index (χ4n) is 6.10. The van der Waals surface area contributed by atoms with Gasteiger partial charge in [0.25, 0.3) is 5.56 Å². The molecule has 3 aromatic rings. The Kier molecular flexibility index (Phi) is 11.6. The number of alkyl halides is 3. The van der Waals surface area contributed by atoms with Crippen molar-refractivity contribution < 1.29 is 27.5 Å². The number of fused-ring (bicyclic) bond motifs is 1. The van der Waals surface area contributed by atoms with Gasteiger partial charge in [0.1, 0.15) is 11.6 Å². The SMILES string of the molecule is CC[C@@H](C)C(=O)CCCCCCC(=O)N1CCC(c2nc3ccc(-c4cc(C)c(=O)n(C)c4)cc3n2CCOC(F)(F)F)CC1. The summed E-state index contributed by atoms with van der Waals surface area (Å²) in [5.41, 5.74) is 3.52. The van der Waals surface area contributed by atoms with Gasteiger partial charge in [-0.1, -0.05) is 32.8 Å². The van der Waals surface area contributed by atoms with Crippen molar-refractivity contribution in [3.05, 3.63) is 52.2 Å². The summed E-state index contributed by atoms with van der Waals surface area (Å²) < 4.78 is 46.1. The quantitative estimate of drug-likeness (QED) is 0.181. The van der Waals surface area contributed by atoms with Gasteiger partial charge in [-0.05, 0) is 68.4 Å². The summed E-state index contributed by atoms with van der Waals surface area (Å²) in [5, 5.41) is 0. The van der Waals surface area contributed by atoms with Crippen LogP contribution in [0.3, 0.4) is 0 Å². The molecule has 4 rings (SSSR count). The van der Waals surface area contributed by atoms with Gasteiger partial charge in [0.2, 0.25) is 5.91 Å². The lowest BCUT2D eigenvalue weighted by atomic mass is 9.95. The van der Waals surface area contributed by atoms with E-state index in [1.54, 1.807) is 26.2 Å². The molecule has 1 aliphatic rings. The van der Waals surface area contributed by atoms with E-state index in [4.69, 9.17) is 4.98 Å². The van der Waals surface area contributed by atoms with Crippen LogP contribution in [0.25, 0.3) is 22.2 Å². The first kappa shape index (κ1) is 34.4. The molecule has 0 spiro atoms.